The lowest BCUT2D eigenvalue weighted by atomic mass is 9.86. The minimum atomic E-state index is -0.444. The van der Waals surface area contributed by atoms with Crippen LogP contribution in [0.2, 0.25) is 0 Å². The first kappa shape index (κ1) is 19.5. The van der Waals surface area contributed by atoms with E-state index in [9.17, 15) is 14.0 Å². The van der Waals surface area contributed by atoms with Gasteiger partial charge in [0.25, 0.3) is 5.91 Å². The SMILES string of the molecule is Cn1cc(-c2cc(C(=O)N3CCC([C@H]4CC(=O)c5cc(F)ccc5O4)CC3)no2)cn1. The van der Waals surface area contributed by atoms with Gasteiger partial charge in [-0.2, -0.15) is 5.10 Å². The van der Waals surface area contributed by atoms with E-state index in [4.69, 9.17) is 9.26 Å². The fourth-order valence-electron chi connectivity index (χ4n) is 4.28. The first-order valence-electron chi connectivity index (χ1n) is 10.2. The molecule has 2 aromatic heterocycles. The van der Waals surface area contributed by atoms with Crippen LogP contribution in [0, 0.1) is 11.7 Å². The zero-order chi connectivity index (χ0) is 21.5. The highest BCUT2D eigenvalue weighted by Gasteiger charge is 2.36. The average Bonchev–Trinajstić information content (AvgIpc) is 3.43. The molecule has 0 radical (unpaired) electrons. The summed E-state index contributed by atoms with van der Waals surface area (Å²) in [5.41, 5.74) is 1.32. The summed E-state index contributed by atoms with van der Waals surface area (Å²) in [4.78, 5) is 27.0. The van der Waals surface area contributed by atoms with Crippen molar-refractivity contribution >= 4 is 11.7 Å². The van der Waals surface area contributed by atoms with Gasteiger partial charge in [-0.25, -0.2) is 4.39 Å². The summed E-state index contributed by atoms with van der Waals surface area (Å²) < 4.78 is 26.4. The van der Waals surface area contributed by atoms with E-state index in [1.165, 1.54) is 18.2 Å². The predicted molar refractivity (Wildman–Crippen MR) is 107 cm³/mol. The van der Waals surface area contributed by atoms with E-state index in [0.717, 1.165) is 5.56 Å². The molecule has 0 saturated carbocycles. The number of aromatic nitrogens is 3. The van der Waals surface area contributed by atoms with Crippen LogP contribution in [0.3, 0.4) is 0 Å². The van der Waals surface area contributed by atoms with E-state index in [2.05, 4.69) is 10.3 Å². The van der Waals surface area contributed by atoms with Crippen LogP contribution in [0.4, 0.5) is 4.39 Å². The number of hydrogen-bond donors (Lipinski definition) is 0. The van der Waals surface area contributed by atoms with Gasteiger partial charge in [-0.15, -0.1) is 0 Å². The quantitative estimate of drug-likeness (QED) is 0.642. The van der Waals surface area contributed by atoms with Gasteiger partial charge in [0.05, 0.1) is 17.3 Å². The lowest BCUT2D eigenvalue weighted by molar-refractivity contribution is 0.0446. The van der Waals surface area contributed by atoms with Crippen LogP contribution in [0.25, 0.3) is 11.3 Å². The Bertz CT molecular complexity index is 1150. The van der Waals surface area contributed by atoms with E-state index in [1.54, 1.807) is 35.1 Å². The lowest BCUT2D eigenvalue weighted by Crippen LogP contribution is -2.44. The number of rotatable bonds is 3. The van der Waals surface area contributed by atoms with E-state index < -0.39 is 5.82 Å². The molecule has 1 amide bonds. The molecule has 1 saturated heterocycles. The Kier molecular flexibility index (Phi) is 4.80. The zero-order valence-electron chi connectivity index (χ0n) is 17.0. The van der Waals surface area contributed by atoms with Crippen LogP contribution in [0.15, 0.2) is 41.2 Å². The summed E-state index contributed by atoms with van der Waals surface area (Å²) in [6.07, 6.45) is 4.84. The number of aryl methyl sites for hydroxylation is 1. The number of benzene rings is 1. The molecule has 1 fully saturated rings. The summed E-state index contributed by atoms with van der Waals surface area (Å²) in [6, 6.07) is 5.67. The van der Waals surface area contributed by atoms with Crippen LogP contribution >= 0.6 is 0 Å². The number of piperidine rings is 1. The van der Waals surface area contributed by atoms with Crippen molar-refractivity contribution in [2.24, 2.45) is 13.0 Å². The summed E-state index contributed by atoms with van der Waals surface area (Å²) in [7, 11) is 1.80. The Morgan fingerprint density at radius 3 is 2.77 bits per heavy atom. The molecule has 2 aliphatic heterocycles. The molecule has 9 heteroatoms. The van der Waals surface area contributed by atoms with Gasteiger partial charge in [-0.3, -0.25) is 14.3 Å². The van der Waals surface area contributed by atoms with Gasteiger partial charge in [-0.05, 0) is 37.0 Å². The number of likely N-dealkylation sites (tertiary alicyclic amines) is 1. The van der Waals surface area contributed by atoms with Crippen molar-refractivity contribution in [3.05, 3.63) is 53.7 Å². The van der Waals surface area contributed by atoms with Crippen LogP contribution < -0.4 is 4.74 Å². The van der Waals surface area contributed by atoms with Crippen molar-refractivity contribution in [2.45, 2.75) is 25.4 Å². The van der Waals surface area contributed by atoms with Gasteiger partial charge in [0.15, 0.2) is 17.2 Å². The molecular weight excluding hydrogens is 403 g/mol. The van der Waals surface area contributed by atoms with Gasteiger partial charge in [0.2, 0.25) is 0 Å². The molecule has 0 unspecified atom stereocenters. The highest BCUT2D eigenvalue weighted by Crippen LogP contribution is 2.34. The summed E-state index contributed by atoms with van der Waals surface area (Å²) in [5.74, 6) is 0.353. The Labute approximate surface area is 177 Å². The summed E-state index contributed by atoms with van der Waals surface area (Å²) in [5, 5.41) is 8.02. The van der Waals surface area contributed by atoms with Gasteiger partial charge >= 0.3 is 0 Å². The molecule has 4 heterocycles. The molecule has 1 aromatic carbocycles. The maximum Gasteiger partial charge on any atom is 0.276 e. The van der Waals surface area contributed by atoms with Gasteiger partial charge in [0.1, 0.15) is 17.7 Å². The number of carbonyl (C=O) groups excluding carboxylic acids is 2. The summed E-state index contributed by atoms with van der Waals surface area (Å²) >= 11 is 0. The topological polar surface area (TPSA) is 90.5 Å². The zero-order valence-corrected chi connectivity index (χ0v) is 17.0. The molecule has 2 aliphatic rings. The van der Waals surface area contributed by atoms with Crippen LogP contribution in [0.5, 0.6) is 5.75 Å². The van der Waals surface area contributed by atoms with Gasteiger partial charge in [-0.1, -0.05) is 5.16 Å². The third kappa shape index (κ3) is 3.71. The molecule has 31 heavy (non-hydrogen) atoms. The molecule has 160 valence electrons. The third-order valence-electron chi connectivity index (χ3n) is 5.98. The number of Topliss-reactive ketones (excluding diaryl/α,β-unsaturated/α-hetero) is 1. The Morgan fingerprint density at radius 2 is 2.03 bits per heavy atom. The normalized spacial score (nSPS) is 19.2. The standard InChI is InChI=1S/C22H21FN4O4/c1-26-12-14(11-24-26)21-9-17(25-31-21)22(29)27-6-4-13(5-7-27)20-10-18(28)16-8-15(23)2-3-19(16)30-20/h2-3,8-9,11-13,20H,4-7,10H2,1H3/t20-/m1/s1. The molecule has 1 atom stereocenters. The van der Waals surface area contributed by atoms with Crippen molar-refractivity contribution in [3.8, 4) is 17.1 Å². The Morgan fingerprint density at radius 1 is 1.23 bits per heavy atom. The number of fused-ring (bicyclic) bond motifs is 1. The first-order valence-corrected chi connectivity index (χ1v) is 10.2. The largest absolute Gasteiger partial charge is 0.489 e. The summed E-state index contributed by atoms with van der Waals surface area (Å²) in [6.45, 7) is 1.09. The van der Waals surface area contributed by atoms with Crippen molar-refractivity contribution < 1.29 is 23.2 Å². The molecule has 0 spiro atoms. The number of ether oxygens (including phenoxy) is 1. The van der Waals surface area contributed by atoms with E-state index in [-0.39, 0.29) is 35.8 Å². The maximum absolute atomic E-state index is 13.4. The smallest absolute Gasteiger partial charge is 0.276 e. The highest BCUT2D eigenvalue weighted by molar-refractivity contribution is 6.00. The van der Waals surface area contributed by atoms with Crippen molar-refractivity contribution in [1.29, 1.82) is 0 Å². The number of ketones is 1. The second kappa shape index (κ2) is 7.64. The average molecular weight is 424 g/mol. The Balaban J connectivity index is 1.22. The fraction of sp³-hybridized carbons (Fsp3) is 0.364. The minimum absolute atomic E-state index is 0.102. The van der Waals surface area contributed by atoms with Crippen LogP contribution in [-0.4, -0.2) is 50.7 Å². The second-order valence-electron chi connectivity index (χ2n) is 8.03. The van der Waals surface area contributed by atoms with Crippen LogP contribution in [0.1, 0.15) is 40.1 Å². The second-order valence-corrected chi connectivity index (χ2v) is 8.03. The van der Waals surface area contributed by atoms with Crippen molar-refractivity contribution in [3.63, 3.8) is 0 Å². The number of nitrogens with zero attached hydrogens (tertiary/aromatic N) is 4. The van der Waals surface area contributed by atoms with E-state index in [0.29, 0.717) is 43.0 Å². The van der Waals surface area contributed by atoms with E-state index in [1.807, 2.05) is 0 Å². The van der Waals surface area contributed by atoms with E-state index >= 15 is 0 Å². The molecule has 0 aliphatic carbocycles. The van der Waals surface area contributed by atoms with Gasteiger partial charge < -0.3 is 14.2 Å². The highest BCUT2D eigenvalue weighted by atomic mass is 19.1. The fourth-order valence-corrected chi connectivity index (χ4v) is 4.28. The molecule has 3 aromatic rings. The molecule has 8 nitrogen and oxygen atoms in total. The van der Waals surface area contributed by atoms with Gasteiger partial charge in [0, 0.05) is 38.8 Å². The number of halogens is 1. The predicted octanol–water partition coefficient (Wildman–Crippen LogP) is 3.10. The molecule has 0 N–H and O–H groups in total. The molecular formula is C22H21FN4O4. The van der Waals surface area contributed by atoms with Crippen molar-refractivity contribution in [1.82, 2.24) is 19.8 Å². The number of amides is 1. The molecule has 5 rings (SSSR count). The lowest BCUT2D eigenvalue weighted by Gasteiger charge is -2.37. The minimum Gasteiger partial charge on any atom is -0.489 e. The first-order chi connectivity index (χ1) is 15.0. The number of hydrogen-bond acceptors (Lipinski definition) is 6. The van der Waals surface area contributed by atoms with Crippen molar-refractivity contribution in [2.75, 3.05) is 13.1 Å². The number of carbonyl (C=O) groups is 2. The van der Waals surface area contributed by atoms with Crippen LogP contribution in [-0.2, 0) is 7.05 Å². The Hall–Kier alpha value is -3.49. The maximum atomic E-state index is 13.4. The molecule has 0 bridgehead atoms. The third-order valence-corrected chi connectivity index (χ3v) is 5.98. The monoisotopic (exact) mass is 424 g/mol.